The zero-order chi connectivity index (χ0) is 13.0. The quantitative estimate of drug-likeness (QED) is 0.948. The average Bonchev–Trinajstić information content (AvgIpc) is 2.38. The second-order valence-corrected chi connectivity index (χ2v) is 4.77. The molecule has 0 aliphatic carbocycles. The summed E-state index contributed by atoms with van der Waals surface area (Å²) >= 11 is 3.33. The van der Waals surface area contributed by atoms with Gasteiger partial charge in [0, 0.05) is 10.0 Å². The van der Waals surface area contributed by atoms with Crippen LogP contribution in [0, 0.1) is 6.92 Å². The largest absolute Gasteiger partial charge is 0.346 e. The van der Waals surface area contributed by atoms with E-state index in [4.69, 9.17) is 0 Å². The second kappa shape index (κ2) is 5.73. The summed E-state index contributed by atoms with van der Waals surface area (Å²) in [4.78, 5) is 11.9. The molecular formula is C13H12BrN3O. The van der Waals surface area contributed by atoms with Crippen molar-refractivity contribution < 1.29 is 4.79 Å². The molecule has 1 N–H and O–H groups in total. The molecule has 2 aromatic rings. The maximum Gasteiger partial charge on any atom is 0.251 e. The summed E-state index contributed by atoms with van der Waals surface area (Å²) < 4.78 is 0.880. The van der Waals surface area contributed by atoms with Crippen LogP contribution in [0.1, 0.15) is 21.7 Å². The summed E-state index contributed by atoms with van der Waals surface area (Å²) in [5, 5.41) is 10.7. The Bertz CT molecular complexity index is 554. The van der Waals surface area contributed by atoms with E-state index in [1.165, 1.54) is 0 Å². The van der Waals surface area contributed by atoms with Gasteiger partial charge < -0.3 is 5.32 Å². The summed E-state index contributed by atoms with van der Waals surface area (Å²) in [6.45, 7) is 2.25. The molecule has 18 heavy (non-hydrogen) atoms. The number of nitrogens with zero attached hydrogens (tertiary/aromatic N) is 2. The lowest BCUT2D eigenvalue weighted by Gasteiger charge is -2.04. The summed E-state index contributed by atoms with van der Waals surface area (Å²) in [7, 11) is 0. The van der Waals surface area contributed by atoms with Gasteiger partial charge in [0.1, 0.15) is 0 Å². The fourth-order valence-corrected chi connectivity index (χ4v) is 1.82. The standard InChI is InChI=1S/C13H12BrN3O/c1-9-5-6-12(17-16-9)8-15-13(18)10-3-2-4-11(14)7-10/h2-7H,8H2,1H3,(H,15,18). The van der Waals surface area contributed by atoms with E-state index in [9.17, 15) is 4.79 Å². The molecule has 0 atom stereocenters. The van der Waals surface area contributed by atoms with Gasteiger partial charge in [0.2, 0.25) is 0 Å². The molecule has 2 rings (SSSR count). The highest BCUT2D eigenvalue weighted by Crippen LogP contribution is 2.11. The Morgan fingerprint density at radius 1 is 1.28 bits per heavy atom. The first-order valence-electron chi connectivity index (χ1n) is 5.48. The number of halogens is 1. The van der Waals surface area contributed by atoms with Gasteiger partial charge in [-0.15, -0.1) is 0 Å². The Labute approximate surface area is 114 Å². The SMILES string of the molecule is Cc1ccc(CNC(=O)c2cccc(Br)c2)nn1. The number of carbonyl (C=O) groups excluding carboxylic acids is 1. The number of nitrogens with one attached hydrogen (secondary N) is 1. The lowest BCUT2D eigenvalue weighted by atomic mass is 10.2. The van der Waals surface area contributed by atoms with Crippen LogP contribution in [0.5, 0.6) is 0 Å². The highest BCUT2D eigenvalue weighted by molar-refractivity contribution is 9.10. The van der Waals surface area contributed by atoms with Gasteiger partial charge in [0.05, 0.1) is 17.9 Å². The van der Waals surface area contributed by atoms with Crippen LogP contribution in [0.25, 0.3) is 0 Å². The van der Waals surface area contributed by atoms with Gasteiger partial charge in [0.15, 0.2) is 0 Å². The zero-order valence-electron chi connectivity index (χ0n) is 9.85. The van der Waals surface area contributed by atoms with Crippen LogP contribution in [0.4, 0.5) is 0 Å². The minimum atomic E-state index is -0.126. The molecule has 1 heterocycles. The third-order valence-electron chi connectivity index (χ3n) is 2.37. The van der Waals surface area contributed by atoms with Crippen molar-refractivity contribution in [1.29, 1.82) is 0 Å². The summed E-state index contributed by atoms with van der Waals surface area (Å²) in [5.41, 5.74) is 2.21. The van der Waals surface area contributed by atoms with E-state index in [0.717, 1.165) is 15.9 Å². The molecule has 0 spiro atoms. The van der Waals surface area contributed by atoms with Gasteiger partial charge in [-0.1, -0.05) is 22.0 Å². The minimum absolute atomic E-state index is 0.126. The van der Waals surface area contributed by atoms with Gasteiger partial charge in [0.25, 0.3) is 5.91 Å². The molecule has 0 unspecified atom stereocenters. The van der Waals surface area contributed by atoms with Crippen LogP contribution in [0.3, 0.4) is 0 Å². The van der Waals surface area contributed by atoms with Crippen molar-refractivity contribution in [3.05, 3.63) is 57.8 Å². The van der Waals surface area contributed by atoms with E-state index < -0.39 is 0 Å². The molecule has 1 aromatic carbocycles. The maximum absolute atomic E-state index is 11.9. The molecule has 0 saturated heterocycles. The number of aryl methyl sites for hydroxylation is 1. The van der Waals surface area contributed by atoms with E-state index in [-0.39, 0.29) is 5.91 Å². The van der Waals surface area contributed by atoms with Crippen molar-refractivity contribution in [3.8, 4) is 0 Å². The van der Waals surface area contributed by atoms with Crippen LogP contribution >= 0.6 is 15.9 Å². The van der Waals surface area contributed by atoms with Gasteiger partial charge in [-0.25, -0.2) is 0 Å². The molecule has 0 bridgehead atoms. The monoisotopic (exact) mass is 305 g/mol. The van der Waals surface area contributed by atoms with E-state index in [2.05, 4.69) is 31.4 Å². The van der Waals surface area contributed by atoms with Crippen molar-refractivity contribution in [3.63, 3.8) is 0 Å². The third kappa shape index (κ3) is 3.37. The molecule has 0 saturated carbocycles. The summed E-state index contributed by atoms with van der Waals surface area (Å²) in [5.74, 6) is -0.126. The van der Waals surface area contributed by atoms with E-state index in [0.29, 0.717) is 12.1 Å². The number of benzene rings is 1. The first-order valence-corrected chi connectivity index (χ1v) is 6.27. The Balaban J connectivity index is 1.98. The maximum atomic E-state index is 11.9. The molecule has 4 nitrogen and oxygen atoms in total. The van der Waals surface area contributed by atoms with Crippen LogP contribution < -0.4 is 5.32 Å². The van der Waals surface area contributed by atoms with E-state index >= 15 is 0 Å². The molecule has 1 amide bonds. The van der Waals surface area contributed by atoms with Crippen molar-refractivity contribution in [2.24, 2.45) is 0 Å². The summed E-state index contributed by atoms with van der Waals surface area (Å²) in [6.07, 6.45) is 0. The van der Waals surface area contributed by atoms with Crippen molar-refractivity contribution >= 4 is 21.8 Å². The molecule has 0 aliphatic rings. The van der Waals surface area contributed by atoms with Crippen molar-refractivity contribution in [2.45, 2.75) is 13.5 Å². The lowest BCUT2D eigenvalue weighted by Crippen LogP contribution is -2.23. The van der Waals surface area contributed by atoms with Gasteiger partial charge in [-0.2, -0.15) is 10.2 Å². The Kier molecular flexibility index (Phi) is 4.04. The summed E-state index contributed by atoms with van der Waals surface area (Å²) in [6, 6.07) is 11.0. The van der Waals surface area contributed by atoms with Crippen LogP contribution in [-0.2, 0) is 6.54 Å². The number of rotatable bonds is 3. The van der Waals surface area contributed by atoms with Gasteiger partial charge in [-0.3, -0.25) is 4.79 Å². The Hall–Kier alpha value is -1.75. The Morgan fingerprint density at radius 3 is 2.78 bits per heavy atom. The number of hydrogen-bond donors (Lipinski definition) is 1. The number of aromatic nitrogens is 2. The van der Waals surface area contributed by atoms with Crippen LogP contribution in [0.2, 0.25) is 0 Å². The molecule has 0 radical (unpaired) electrons. The average molecular weight is 306 g/mol. The normalized spacial score (nSPS) is 10.1. The first-order chi connectivity index (χ1) is 8.65. The lowest BCUT2D eigenvalue weighted by molar-refractivity contribution is 0.0950. The highest BCUT2D eigenvalue weighted by atomic mass is 79.9. The Morgan fingerprint density at radius 2 is 2.11 bits per heavy atom. The zero-order valence-corrected chi connectivity index (χ0v) is 11.4. The van der Waals surface area contributed by atoms with E-state index in [1.54, 1.807) is 12.1 Å². The van der Waals surface area contributed by atoms with Crippen molar-refractivity contribution in [1.82, 2.24) is 15.5 Å². The molecule has 0 fully saturated rings. The third-order valence-corrected chi connectivity index (χ3v) is 2.86. The topological polar surface area (TPSA) is 54.9 Å². The number of hydrogen-bond acceptors (Lipinski definition) is 3. The fourth-order valence-electron chi connectivity index (χ4n) is 1.42. The number of amides is 1. The molecule has 5 heteroatoms. The van der Waals surface area contributed by atoms with Crippen LogP contribution in [-0.4, -0.2) is 16.1 Å². The van der Waals surface area contributed by atoms with Crippen LogP contribution in [0.15, 0.2) is 40.9 Å². The molecular weight excluding hydrogens is 294 g/mol. The predicted molar refractivity (Wildman–Crippen MR) is 72.1 cm³/mol. The van der Waals surface area contributed by atoms with Crippen molar-refractivity contribution in [2.75, 3.05) is 0 Å². The first kappa shape index (κ1) is 12.7. The molecule has 0 aliphatic heterocycles. The van der Waals surface area contributed by atoms with E-state index in [1.807, 2.05) is 31.2 Å². The highest BCUT2D eigenvalue weighted by Gasteiger charge is 2.05. The fraction of sp³-hybridized carbons (Fsp3) is 0.154. The van der Waals surface area contributed by atoms with Gasteiger partial charge in [-0.05, 0) is 37.3 Å². The van der Waals surface area contributed by atoms with Gasteiger partial charge >= 0.3 is 0 Å². The minimum Gasteiger partial charge on any atom is -0.346 e. The smallest absolute Gasteiger partial charge is 0.251 e. The number of carbonyl (C=O) groups is 1. The second-order valence-electron chi connectivity index (χ2n) is 3.86. The molecule has 1 aromatic heterocycles. The predicted octanol–water partition coefficient (Wildman–Crippen LogP) is 2.48. The molecule has 92 valence electrons.